The van der Waals surface area contributed by atoms with Crippen LogP contribution in [0.5, 0.6) is 5.75 Å². The fraction of sp³-hybridized carbons (Fsp3) is 0.348. The number of sulfone groups is 1. The number of piperazine rings is 1. The van der Waals surface area contributed by atoms with Gasteiger partial charge in [-0.25, -0.2) is 8.42 Å². The predicted molar refractivity (Wildman–Crippen MR) is 122 cm³/mol. The van der Waals surface area contributed by atoms with Gasteiger partial charge in [-0.05, 0) is 35.9 Å². The first kappa shape index (κ1) is 20.5. The van der Waals surface area contributed by atoms with Gasteiger partial charge in [0.05, 0.1) is 22.7 Å². The van der Waals surface area contributed by atoms with Gasteiger partial charge in [0.2, 0.25) is 0 Å². The monoisotopic (exact) mass is 456 g/mol. The summed E-state index contributed by atoms with van der Waals surface area (Å²) in [6.45, 7) is 2.82. The molecule has 5 rings (SSSR count). The van der Waals surface area contributed by atoms with E-state index in [0.29, 0.717) is 22.9 Å². The topological polar surface area (TPSA) is 66.9 Å². The molecule has 1 fully saturated rings. The van der Waals surface area contributed by atoms with Crippen molar-refractivity contribution in [3.8, 4) is 5.75 Å². The van der Waals surface area contributed by atoms with Crippen molar-refractivity contribution < 1.29 is 17.9 Å². The summed E-state index contributed by atoms with van der Waals surface area (Å²) < 4.78 is 30.5. The lowest BCUT2D eigenvalue weighted by atomic mass is 9.99. The minimum atomic E-state index is -3.31. The molecule has 0 saturated carbocycles. The molecule has 8 heteroatoms. The van der Waals surface area contributed by atoms with Crippen LogP contribution in [0, 0.1) is 5.92 Å². The molecule has 2 aromatic carbocycles. The molecule has 0 aromatic heterocycles. The lowest BCUT2D eigenvalue weighted by Gasteiger charge is -2.36. The van der Waals surface area contributed by atoms with Crippen molar-refractivity contribution in [3.05, 3.63) is 65.1 Å². The van der Waals surface area contributed by atoms with Gasteiger partial charge in [0.1, 0.15) is 5.75 Å². The van der Waals surface area contributed by atoms with Crippen LogP contribution >= 0.6 is 11.8 Å². The van der Waals surface area contributed by atoms with E-state index in [1.165, 1.54) is 11.8 Å². The van der Waals surface area contributed by atoms with E-state index in [0.717, 1.165) is 30.1 Å². The number of rotatable bonds is 3. The van der Waals surface area contributed by atoms with Crippen LogP contribution in [0.1, 0.15) is 10.8 Å². The lowest BCUT2D eigenvalue weighted by molar-refractivity contribution is -0.126. The molecule has 3 heterocycles. The minimum Gasteiger partial charge on any atom is -0.497 e. The first-order chi connectivity index (χ1) is 15.0. The van der Waals surface area contributed by atoms with Gasteiger partial charge < -0.3 is 14.5 Å². The second kappa shape index (κ2) is 7.91. The average molecular weight is 457 g/mol. The van der Waals surface area contributed by atoms with Crippen LogP contribution in [0.25, 0.3) is 0 Å². The third-order valence-electron chi connectivity index (χ3n) is 6.20. The number of anilines is 1. The summed E-state index contributed by atoms with van der Waals surface area (Å²) in [5.74, 6) is 0.768. The highest BCUT2D eigenvalue weighted by molar-refractivity contribution is 8.04. The van der Waals surface area contributed by atoms with E-state index in [-0.39, 0.29) is 22.8 Å². The molecule has 3 aliphatic heterocycles. The molecule has 0 spiro atoms. The number of fused-ring (bicyclic) bond motifs is 3. The standard InChI is InChI=1S/C23H24N2O4S2/c1-29-18-8-6-17(7-9-18)24-10-12-25(13-11-24)23(26)20-14-16-15-31(27,28)21-5-3-2-4-19(21)22(16)30-20/h2-9,14,16,22H,10-13,15H2,1H3. The third kappa shape index (κ3) is 3.72. The van der Waals surface area contributed by atoms with Crippen molar-refractivity contribution in [2.24, 2.45) is 5.92 Å². The molecular weight excluding hydrogens is 432 g/mol. The summed E-state index contributed by atoms with van der Waals surface area (Å²) in [5, 5.41) is -0.000682. The molecular formula is C23H24N2O4S2. The average Bonchev–Trinajstić information content (AvgIpc) is 3.22. The Hall–Kier alpha value is -2.45. The molecule has 31 heavy (non-hydrogen) atoms. The number of benzene rings is 2. The SMILES string of the molecule is COc1ccc(N2CCN(C(=O)C3=CC4CS(=O)(=O)c5ccccc5C4S3)CC2)cc1. The van der Waals surface area contributed by atoms with Crippen LogP contribution < -0.4 is 9.64 Å². The van der Waals surface area contributed by atoms with E-state index in [1.807, 2.05) is 47.4 Å². The summed E-state index contributed by atoms with van der Waals surface area (Å²) in [6, 6.07) is 15.2. The summed E-state index contributed by atoms with van der Waals surface area (Å²) in [6.07, 6.45) is 1.89. The van der Waals surface area contributed by atoms with Crippen molar-refractivity contribution in [1.82, 2.24) is 4.90 Å². The van der Waals surface area contributed by atoms with E-state index >= 15 is 0 Å². The fourth-order valence-electron chi connectivity index (χ4n) is 4.56. The van der Waals surface area contributed by atoms with Gasteiger partial charge in [0.25, 0.3) is 5.91 Å². The fourth-order valence-corrected chi connectivity index (χ4v) is 8.01. The largest absolute Gasteiger partial charge is 0.497 e. The zero-order valence-electron chi connectivity index (χ0n) is 17.2. The third-order valence-corrected chi connectivity index (χ3v) is 9.48. The number of nitrogens with zero attached hydrogens (tertiary/aromatic N) is 2. The van der Waals surface area contributed by atoms with E-state index in [1.54, 1.807) is 19.2 Å². The highest BCUT2D eigenvalue weighted by Gasteiger charge is 2.43. The number of thioether (sulfide) groups is 1. The van der Waals surface area contributed by atoms with Crippen molar-refractivity contribution in [2.75, 3.05) is 43.9 Å². The van der Waals surface area contributed by atoms with Crippen molar-refractivity contribution >= 4 is 33.2 Å². The Morgan fingerprint density at radius 3 is 2.45 bits per heavy atom. The molecule has 2 aromatic rings. The highest BCUT2D eigenvalue weighted by Crippen LogP contribution is 2.53. The summed E-state index contributed by atoms with van der Waals surface area (Å²) in [5.41, 5.74) is 1.95. The molecule has 6 nitrogen and oxygen atoms in total. The summed E-state index contributed by atoms with van der Waals surface area (Å²) >= 11 is 1.52. The first-order valence-electron chi connectivity index (χ1n) is 10.3. The quantitative estimate of drug-likeness (QED) is 0.707. The van der Waals surface area contributed by atoms with Gasteiger partial charge >= 0.3 is 0 Å². The number of hydrogen-bond donors (Lipinski definition) is 0. The number of ether oxygens (including phenoxy) is 1. The predicted octanol–water partition coefficient (Wildman–Crippen LogP) is 3.12. The molecule has 162 valence electrons. The minimum absolute atomic E-state index is 0.000682. The van der Waals surface area contributed by atoms with Gasteiger partial charge in [-0.15, -0.1) is 11.8 Å². The lowest BCUT2D eigenvalue weighted by Crippen LogP contribution is -2.49. The number of allylic oxidation sites excluding steroid dienone is 1. The maximum absolute atomic E-state index is 13.2. The number of hydrogen-bond acceptors (Lipinski definition) is 6. The zero-order chi connectivity index (χ0) is 21.6. The van der Waals surface area contributed by atoms with E-state index < -0.39 is 9.84 Å². The molecule has 0 radical (unpaired) electrons. The maximum atomic E-state index is 13.2. The Kier molecular flexibility index (Phi) is 5.22. The summed E-state index contributed by atoms with van der Waals surface area (Å²) in [7, 11) is -1.66. The molecule has 3 aliphatic rings. The maximum Gasteiger partial charge on any atom is 0.260 e. The Morgan fingerprint density at radius 1 is 1.03 bits per heavy atom. The van der Waals surface area contributed by atoms with Crippen LogP contribution in [0.4, 0.5) is 5.69 Å². The molecule has 0 aliphatic carbocycles. The van der Waals surface area contributed by atoms with Crippen molar-refractivity contribution in [1.29, 1.82) is 0 Å². The van der Waals surface area contributed by atoms with Gasteiger partial charge in [-0.2, -0.15) is 0 Å². The molecule has 2 atom stereocenters. The second-order valence-corrected chi connectivity index (χ2v) is 11.2. The van der Waals surface area contributed by atoms with Crippen LogP contribution in [-0.4, -0.2) is 58.3 Å². The highest BCUT2D eigenvalue weighted by atomic mass is 32.2. The Balaban J connectivity index is 1.27. The molecule has 1 saturated heterocycles. The van der Waals surface area contributed by atoms with Crippen LogP contribution in [0.2, 0.25) is 0 Å². The zero-order valence-corrected chi connectivity index (χ0v) is 18.9. The second-order valence-electron chi connectivity index (χ2n) is 8.03. The normalized spacial score (nSPS) is 24.2. The number of methoxy groups -OCH3 is 1. The van der Waals surface area contributed by atoms with E-state index in [4.69, 9.17) is 4.74 Å². The van der Waals surface area contributed by atoms with Crippen molar-refractivity contribution in [3.63, 3.8) is 0 Å². The van der Waals surface area contributed by atoms with Gasteiger partial charge in [0.15, 0.2) is 9.84 Å². The van der Waals surface area contributed by atoms with E-state index in [2.05, 4.69) is 4.90 Å². The molecule has 2 unspecified atom stereocenters. The van der Waals surface area contributed by atoms with Crippen molar-refractivity contribution in [2.45, 2.75) is 10.1 Å². The van der Waals surface area contributed by atoms with Gasteiger partial charge in [0, 0.05) is 43.0 Å². The number of carbonyl (C=O) groups is 1. The molecule has 1 amide bonds. The first-order valence-corrected chi connectivity index (χ1v) is 12.9. The van der Waals surface area contributed by atoms with Crippen LogP contribution in [0.3, 0.4) is 0 Å². The Morgan fingerprint density at radius 2 is 1.74 bits per heavy atom. The number of amides is 1. The summed E-state index contributed by atoms with van der Waals surface area (Å²) in [4.78, 5) is 18.4. The van der Waals surface area contributed by atoms with Crippen LogP contribution in [-0.2, 0) is 14.6 Å². The van der Waals surface area contributed by atoms with Gasteiger partial charge in [-0.3, -0.25) is 4.79 Å². The van der Waals surface area contributed by atoms with E-state index in [9.17, 15) is 13.2 Å². The molecule has 0 bridgehead atoms. The van der Waals surface area contributed by atoms with Gasteiger partial charge in [-0.1, -0.05) is 24.3 Å². The number of carbonyl (C=O) groups excluding carboxylic acids is 1. The Bertz CT molecular complexity index is 1140. The van der Waals surface area contributed by atoms with Crippen LogP contribution in [0.15, 0.2) is 64.4 Å². The Labute approximate surface area is 186 Å². The molecule has 0 N–H and O–H groups in total. The smallest absolute Gasteiger partial charge is 0.260 e.